The van der Waals surface area contributed by atoms with E-state index in [2.05, 4.69) is 22.0 Å². The SMILES string of the molecule is CC(c1nnc(SCCN2C(=O)c3ccccc3C2=O)n1-c1ccc(F)cc1)N1CCCCC1. The molecule has 9 heteroatoms. The molecule has 1 unspecified atom stereocenters. The second-order valence-corrected chi connectivity index (χ2v) is 9.64. The van der Waals surface area contributed by atoms with Crippen LogP contribution in [0, 0.1) is 5.82 Å². The molecule has 2 aliphatic rings. The number of imide groups is 1. The van der Waals surface area contributed by atoms with Gasteiger partial charge in [-0.2, -0.15) is 0 Å². The Hall–Kier alpha value is -3.04. The van der Waals surface area contributed by atoms with Crippen LogP contribution in [0.1, 0.15) is 58.8 Å². The Morgan fingerprint density at radius 3 is 2.24 bits per heavy atom. The molecular formula is C25H26FN5O2S. The van der Waals surface area contributed by atoms with E-state index in [1.807, 2.05) is 4.57 Å². The third-order valence-corrected chi connectivity index (χ3v) is 7.39. The maximum absolute atomic E-state index is 13.6. The van der Waals surface area contributed by atoms with Crippen molar-refractivity contribution in [3.8, 4) is 5.69 Å². The van der Waals surface area contributed by atoms with Crippen molar-refractivity contribution in [2.24, 2.45) is 0 Å². The first kappa shape index (κ1) is 22.7. The van der Waals surface area contributed by atoms with Crippen LogP contribution in [0.3, 0.4) is 0 Å². The van der Waals surface area contributed by atoms with Crippen LogP contribution in [-0.4, -0.2) is 61.8 Å². The summed E-state index contributed by atoms with van der Waals surface area (Å²) in [6.45, 7) is 4.42. The Morgan fingerprint density at radius 2 is 1.59 bits per heavy atom. The number of fused-ring (bicyclic) bond motifs is 1. The van der Waals surface area contributed by atoms with Crippen LogP contribution in [0.25, 0.3) is 5.69 Å². The molecule has 2 amide bonds. The van der Waals surface area contributed by atoms with Gasteiger partial charge in [0, 0.05) is 18.0 Å². The predicted molar refractivity (Wildman–Crippen MR) is 128 cm³/mol. The molecule has 176 valence electrons. The molecule has 3 aromatic rings. The van der Waals surface area contributed by atoms with Crippen LogP contribution < -0.4 is 0 Å². The first-order chi connectivity index (χ1) is 16.5. The Kier molecular flexibility index (Phi) is 6.47. The van der Waals surface area contributed by atoms with Gasteiger partial charge in [0.15, 0.2) is 11.0 Å². The third kappa shape index (κ3) is 4.25. The van der Waals surface area contributed by atoms with E-state index in [4.69, 9.17) is 0 Å². The van der Waals surface area contributed by atoms with E-state index < -0.39 is 0 Å². The third-order valence-electron chi connectivity index (χ3n) is 6.48. The zero-order chi connectivity index (χ0) is 23.7. The van der Waals surface area contributed by atoms with Crippen LogP contribution in [0.4, 0.5) is 4.39 Å². The summed E-state index contributed by atoms with van der Waals surface area (Å²) in [5.74, 6) is 0.448. The van der Waals surface area contributed by atoms with Crippen LogP contribution in [0.2, 0.25) is 0 Å². The maximum Gasteiger partial charge on any atom is 0.261 e. The highest BCUT2D eigenvalue weighted by Gasteiger charge is 2.35. The van der Waals surface area contributed by atoms with Crippen molar-refractivity contribution in [2.45, 2.75) is 37.4 Å². The summed E-state index contributed by atoms with van der Waals surface area (Å²) in [7, 11) is 0. The molecule has 0 N–H and O–H groups in total. The predicted octanol–water partition coefficient (Wildman–Crippen LogP) is 4.34. The van der Waals surface area contributed by atoms with Gasteiger partial charge in [0.25, 0.3) is 11.8 Å². The largest absolute Gasteiger partial charge is 0.294 e. The lowest BCUT2D eigenvalue weighted by Gasteiger charge is -2.31. The van der Waals surface area contributed by atoms with Crippen LogP contribution in [0.5, 0.6) is 0 Å². The van der Waals surface area contributed by atoms with Crippen LogP contribution in [0.15, 0.2) is 53.7 Å². The highest BCUT2D eigenvalue weighted by Crippen LogP contribution is 2.30. The monoisotopic (exact) mass is 479 g/mol. The number of benzene rings is 2. The van der Waals surface area contributed by atoms with Gasteiger partial charge in [-0.1, -0.05) is 30.3 Å². The number of carbonyl (C=O) groups excluding carboxylic acids is 2. The molecule has 0 spiro atoms. The molecule has 1 atom stereocenters. The minimum absolute atomic E-state index is 0.0587. The maximum atomic E-state index is 13.6. The number of piperidine rings is 1. The molecule has 0 saturated carbocycles. The fourth-order valence-corrected chi connectivity index (χ4v) is 5.50. The van der Waals surface area contributed by atoms with Crippen molar-refractivity contribution in [1.82, 2.24) is 24.6 Å². The number of hydrogen-bond acceptors (Lipinski definition) is 6. The zero-order valence-corrected chi connectivity index (χ0v) is 19.8. The number of amides is 2. The van der Waals surface area contributed by atoms with Crippen molar-refractivity contribution >= 4 is 23.6 Å². The molecule has 1 saturated heterocycles. The molecule has 0 radical (unpaired) electrons. The molecule has 7 nitrogen and oxygen atoms in total. The Labute approximate surface area is 202 Å². The van der Waals surface area contributed by atoms with E-state index >= 15 is 0 Å². The molecule has 0 bridgehead atoms. The second-order valence-electron chi connectivity index (χ2n) is 8.58. The molecule has 2 aromatic carbocycles. The average molecular weight is 480 g/mol. The lowest BCUT2D eigenvalue weighted by atomic mass is 10.1. The summed E-state index contributed by atoms with van der Waals surface area (Å²) >= 11 is 1.43. The van der Waals surface area contributed by atoms with E-state index in [1.165, 1.54) is 35.2 Å². The van der Waals surface area contributed by atoms with Crippen molar-refractivity contribution in [3.63, 3.8) is 0 Å². The topological polar surface area (TPSA) is 71.3 Å². The van der Waals surface area contributed by atoms with Crippen molar-refractivity contribution < 1.29 is 14.0 Å². The van der Waals surface area contributed by atoms with Gasteiger partial charge in [-0.05, 0) is 69.3 Å². The molecule has 5 rings (SSSR count). The zero-order valence-electron chi connectivity index (χ0n) is 19.0. The van der Waals surface area contributed by atoms with Gasteiger partial charge in [-0.15, -0.1) is 10.2 Å². The number of thioether (sulfide) groups is 1. The van der Waals surface area contributed by atoms with E-state index in [-0.39, 0.29) is 30.2 Å². The van der Waals surface area contributed by atoms with E-state index in [0.29, 0.717) is 22.0 Å². The van der Waals surface area contributed by atoms with Gasteiger partial charge in [-0.3, -0.25) is 24.0 Å². The van der Waals surface area contributed by atoms with Crippen molar-refractivity contribution in [2.75, 3.05) is 25.4 Å². The Balaban J connectivity index is 1.36. The van der Waals surface area contributed by atoms with Crippen molar-refractivity contribution in [1.29, 1.82) is 0 Å². The highest BCUT2D eigenvalue weighted by atomic mass is 32.2. The fourth-order valence-electron chi connectivity index (χ4n) is 4.62. The number of likely N-dealkylation sites (tertiary alicyclic amines) is 1. The first-order valence-corrected chi connectivity index (χ1v) is 12.6. The average Bonchev–Trinajstić information content (AvgIpc) is 3.39. The number of nitrogens with zero attached hydrogens (tertiary/aromatic N) is 5. The van der Waals surface area contributed by atoms with Gasteiger partial charge in [0.05, 0.1) is 17.2 Å². The number of carbonyl (C=O) groups is 2. The van der Waals surface area contributed by atoms with Gasteiger partial charge in [0.1, 0.15) is 5.82 Å². The molecule has 1 fully saturated rings. The summed E-state index contributed by atoms with van der Waals surface area (Å²) < 4.78 is 15.6. The molecule has 3 heterocycles. The number of hydrogen-bond donors (Lipinski definition) is 0. The number of aromatic nitrogens is 3. The smallest absolute Gasteiger partial charge is 0.261 e. The minimum atomic E-state index is -0.303. The second kappa shape index (κ2) is 9.68. The summed E-state index contributed by atoms with van der Waals surface area (Å²) in [4.78, 5) is 29.0. The number of rotatable bonds is 7. The minimum Gasteiger partial charge on any atom is -0.294 e. The number of halogens is 1. The van der Waals surface area contributed by atoms with Crippen LogP contribution in [-0.2, 0) is 0 Å². The Bertz CT molecular complexity index is 1170. The van der Waals surface area contributed by atoms with Gasteiger partial charge < -0.3 is 0 Å². The van der Waals surface area contributed by atoms with Gasteiger partial charge in [-0.25, -0.2) is 4.39 Å². The van der Waals surface area contributed by atoms with E-state index in [0.717, 1.165) is 37.4 Å². The van der Waals surface area contributed by atoms with Gasteiger partial charge >= 0.3 is 0 Å². The molecule has 2 aliphatic heterocycles. The summed E-state index contributed by atoms with van der Waals surface area (Å²) in [5, 5.41) is 9.61. The summed E-state index contributed by atoms with van der Waals surface area (Å²) in [6, 6.07) is 13.2. The van der Waals surface area contributed by atoms with Gasteiger partial charge in [0.2, 0.25) is 0 Å². The molecular weight excluding hydrogens is 453 g/mol. The van der Waals surface area contributed by atoms with Crippen LogP contribution >= 0.6 is 11.8 Å². The van der Waals surface area contributed by atoms with E-state index in [9.17, 15) is 14.0 Å². The lowest BCUT2D eigenvalue weighted by molar-refractivity contribution is 0.0664. The standard InChI is InChI=1S/C25H26FN5O2S/c1-17(29-13-5-2-6-14-29)22-27-28-25(31(22)19-11-9-18(26)10-12-19)34-16-15-30-23(32)20-7-3-4-8-21(20)24(30)33/h3-4,7-12,17H,2,5-6,13-16H2,1H3. The molecule has 0 aliphatic carbocycles. The molecule has 34 heavy (non-hydrogen) atoms. The van der Waals surface area contributed by atoms with E-state index in [1.54, 1.807) is 36.4 Å². The summed E-state index contributed by atoms with van der Waals surface area (Å²) in [5.41, 5.74) is 1.68. The Morgan fingerprint density at radius 1 is 0.941 bits per heavy atom. The quantitative estimate of drug-likeness (QED) is 0.371. The lowest BCUT2D eigenvalue weighted by Crippen LogP contribution is -2.33. The fraction of sp³-hybridized carbons (Fsp3) is 0.360. The highest BCUT2D eigenvalue weighted by molar-refractivity contribution is 7.99. The molecule has 1 aromatic heterocycles. The first-order valence-electron chi connectivity index (χ1n) is 11.6. The normalized spacial score (nSPS) is 17.3. The van der Waals surface area contributed by atoms with Crippen molar-refractivity contribution in [3.05, 3.63) is 71.3 Å². The summed E-state index contributed by atoms with van der Waals surface area (Å²) in [6.07, 6.45) is 3.57.